The number of hydrogen-bond acceptors (Lipinski definition) is 11. The minimum atomic E-state index is -1.28. The summed E-state index contributed by atoms with van der Waals surface area (Å²) in [5.41, 5.74) is 0.101. The lowest BCUT2D eigenvalue weighted by Crippen LogP contribution is -2.44. The van der Waals surface area contributed by atoms with Crippen LogP contribution in [0.4, 0.5) is 5.69 Å². The zero-order valence-electron chi connectivity index (χ0n) is 26.1. The van der Waals surface area contributed by atoms with Gasteiger partial charge in [0.05, 0.1) is 23.8 Å². The number of esters is 1. The Hall–Kier alpha value is -5.09. The molecular formula is C31H38N4O12. The molecule has 1 aromatic carbocycles. The normalized spacial score (nSPS) is 19.4. The number of amides is 5. The van der Waals surface area contributed by atoms with Crippen LogP contribution in [0.2, 0.25) is 0 Å². The molecule has 0 spiro atoms. The fourth-order valence-corrected chi connectivity index (χ4v) is 4.17. The van der Waals surface area contributed by atoms with Crippen molar-refractivity contribution in [2.75, 3.05) is 31.6 Å². The molecule has 0 aromatic heterocycles. The molecule has 1 fully saturated rings. The average Bonchev–Trinajstić information content (AvgIpc) is 3.30. The van der Waals surface area contributed by atoms with Gasteiger partial charge < -0.3 is 40.4 Å². The molecule has 1 aromatic rings. The van der Waals surface area contributed by atoms with Gasteiger partial charge in [0.1, 0.15) is 18.9 Å². The number of anilines is 1. The fraction of sp³-hybridized carbons (Fsp3) is 0.452. The number of rotatable bonds is 14. The van der Waals surface area contributed by atoms with E-state index in [0.717, 1.165) is 17.1 Å². The number of ether oxygens (including phenoxy) is 3. The molecule has 16 heteroatoms. The van der Waals surface area contributed by atoms with Crippen LogP contribution in [0.1, 0.15) is 45.6 Å². The minimum Gasteiger partial charge on any atom is -0.479 e. The second-order valence-corrected chi connectivity index (χ2v) is 11.7. The number of carbonyl (C=O) groups is 7. The Bertz CT molecular complexity index is 1430. The summed E-state index contributed by atoms with van der Waals surface area (Å²) in [4.78, 5) is 84.2. The highest BCUT2D eigenvalue weighted by Gasteiger charge is 2.34. The predicted octanol–water partition coefficient (Wildman–Crippen LogP) is 0.105. The zero-order chi connectivity index (χ0) is 34.7. The van der Waals surface area contributed by atoms with Gasteiger partial charge in [0.15, 0.2) is 6.10 Å². The van der Waals surface area contributed by atoms with E-state index in [1.807, 2.05) is 0 Å². The SMILES string of the molecule is CC(C)(C)C(=O)OC/C=C/c1ccc(OC2CC(O)CC(C(=O)O)O2)c(NC(=O)CCNC(=O)CNC(=O)CN2C(=O)C=CC2=O)c1. The smallest absolute Gasteiger partial charge is 0.333 e. The van der Waals surface area contributed by atoms with E-state index >= 15 is 0 Å². The summed E-state index contributed by atoms with van der Waals surface area (Å²) in [6.07, 6.45) is 1.63. The Labute approximate surface area is 270 Å². The molecule has 0 saturated carbocycles. The van der Waals surface area contributed by atoms with Gasteiger partial charge in [-0.3, -0.25) is 33.7 Å². The number of carbonyl (C=O) groups excluding carboxylic acids is 6. The van der Waals surface area contributed by atoms with Gasteiger partial charge in [-0.15, -0.1) is 0 Å². The lowest BCUT2D eigenvalue weighted by atomic mass is 9.97. The molecule has 3 unspecified atom stereocenters. The van der Waals surface area contributed by atoms with Crippen LogP contribution in [-0.2, 0) is 43.0 Å². The van der Waals surface area contributed by atoms with E-state index in [9.17, 15) is 43.8 Å². The van der Waals surface area contributed by atoms with Gasteiger partial charge in [0.2, 0.25) is 24.0 Å². The topological polar surface area (TPSA) is 227 Å². The molecule has 16 nitrogen and oxygen atoms in total. The summed E-state index contributed by atoms with van der Waals surface area (Å²) in [6, 6.07) is 4.71. The first kappa shape index (κ1) is 36.4. The quantitative estimate of drug-likeness (QED) is 0.133. The van der Waals surface area contributed by atoms with Gasteiger partial charge >= 0.3 is 11.9 Å². The van der Waals surface area contributed by atoms with Crippen molar-refractivity contribution in [1.29, 1.82) is 0 Å². The number of carboxylic acid groups (broad SMARTS) is 1. The first-order valence-electron chi connectivity index (χ1n) is 14.7. The molecular weight excluding hydrogens is 620 g/mol. The molecule has 0 radical (unpaired) electrons. The summed E-state index contributed by atoms with van der Waals surface area (Å²) in [5.74, 6) is -4.66. The van der Waals surface area contributed by atoms with Crippen molar-refractivity contribution in [3.05, 3.63) is 42.0 Å². The number of benzene rings is 1. The molecule has 2 heterocycles. The number of aliphatic hydroxyl groups is 1. The highest BCUT2D eigenvalue weighted by atomic mass is 16.7. The molecule has 254 valence electrons. The van der Waals surface area contributed by atoms with Crippen molar-refractivity contribution in [2.45, 2.75) is 58.5 Å². The maximum absolute atomic E-state index is 12.8. The van der Waals surface area contributed by atoms with Crippen LogP contribution >= 0.6 is 0 Å². The molecule has 3 rings (SSSR count). The van der Waals surface area contributed by atoms with Gasteiger partial charge in [-0.1, -0.05) is 12.1 Å². The predicted molar refractivity (Wildman–Crippen MR) is 163 cm³/mol. The van der Waals surface area contributed by atoms with Gasteiger partial charge in [-0.2, -0.15) is 0 Å². The molecule has 5 N–H and O–H groups in total. The van der Waals surface area contributed by atoms with Crippen LogP contribution in [-0.4, -0.2) is 101 Å². The number of aliphatic hydroxyl groups excluding tert-OH is 1. The molecule has 1 saturated heterocycles. The molecule has 47 heavy (non-hydrogen) atoms. The Balaban J connectivity index is 1.58. The first-order chi connectivity index (χ1) is 22.1. The van der Waals surface area contributed by atoms with Gasteiger partial charge in [-0.05, 0) is 44.5 Å². The first-order valence-corrected chi connectivity index (χ1v) is 14.7. The van der Waals surface area contributed by atoms with E-state index in [1.54, 1.807) is 45.1 Å². The van der Waals surface area contributed by atoms with Crippen molar-refractivity contribution < 1.29 is 58.0 Å². The van der Waals surface area contributed by atoms with Crippen molar-refractivity contribution in [3.63, 3.8) is 0 Å². The Morgan fingerprint density at radius 2 is 1.72 bits per heavy atom. The number of aliphatic carboxylic acids is 1. The van der Waals surface area contributed by atoms with Crippen molar-refractivity contribution in [3.8, 4) is 5.75 Å². The van der Waals surface area contributed by atoms with Crippen molar-refractivity contribution >= 4 is 53.2 Å². The zero-order valence-corrected chi connectivity index (χ0v) is 26.1. The van der Waals surface area contributed by atoms with Gasteiger partial charge in [-0.25, -0.2) is 4.79 Å². The average molecular weight is 659 g/mol. The molecule has 0 aliphatic carbocycles. The third kappa shape index (κ3) is 11.7. The molecule has 2 aliphatic heterocycles. The summed E-state index contributed by atoms with van der Waals surface area (Å²) in [6.45, 7) is 4.09. The van der Waals surface area contributed by atoms with E-state index in [1.165, 1.54) is 6.07 Å². The summed E-state index contributed by atoms with van der Waals surface area (Å²) < 4.78 is 16.5. The summed E-state index contributed by atoms with van der Waals surface area (Å²) in [7, 11) is 0. The lowest BCUT2D eigenvalue weighted by molar-refractivity contribution is -0.195. The third-order valence-electron chi connectivity index (χ3n) is 6.63. The van der Waals surface area contributed by atoms with Crippen LogP contribution in [0.3, 0.4) is 0 Å². The van der Waals surface area contributed by atoms with E-state index in [0.29, 0.717) is 5.56 Å². The van der Waals surface area contributed by atoms with Crippen LogP contribution < -0.4 is 20.7 Å². The highest BCUT2D eigenvalue weighted by Crippen LogP contribution is 2.31. The van der Waals surface area contributed by atoms with Crippen LogP contribution in [0.15, 0.2) is 36.4 Å². The van der Waals surface area contributed by atoms with Gasteiger partial charge in [0, 0.05) is 38.0 Å². The fourth-order valence-electron chi connectivity index (χ4n) is 4.17. The Morgan fingerprint density at radius 1 is 1.02 bits per heavy atom. The van der Waals surface area contributed by atoms with E-state index in [4.69, 9.17) is 14.2 Å². The second-order valence-electron chi connectivity index (χ2n) is 11.7. The minimum absolute atomic E-state index is 0.00624. The molecule has 0 bridgehead atoms. The van der Waals surface area contributed by atoms with Crippen LogP contribution in [0.25, 0.3) is 6.08 Å². The lowest BCUT2D eigenvalue weighted by Gasteiger charge is -2.31. The van der Waals surface area contributed by atoms with E-state index in [-0.39, 0.29) is 49.8 Å². The van der Waals surface area contributed by atoms with Crippen LogP contribution in [0.5, 0.6) is 5.75 Å². The maximum Gasteiger partial charge on any atom is 0.333 e. The number of nitrogens with zero attached hydrogens (tertiary/aromatic N) is 1. The Kier molecular flexibility index (Phi) is 12.7. The van der Waals surface area contributed by atoms with Crippen LogP contribution in [0, 0.1) is 5.41 Å². The van der Waals surface area contributed by atoms with Crippen molar-refractivity contribution in [2.24, 2.45) is 5.41 Å². The summed E-state index contributed by atoms with van der Waals surface area (Å²) >= 11 is 0. The van der Waals surface area contributed by atoms with E-state index < -0.39 is 72.5 Å². The third-order valence-corrected chi connectivity index (χ3v) is 6.63. The number of imide groups is 1. The number of carboxylic acids is 1. The van der Waals surface area contributed by atoms with Crippen molar-refractivity contribution in [1.82, 2.24) is 15.5 Å². The molecule has 3 atom stereocenters. The molecule has 5 amide bonds. The number of nitrogens with one attached hydrogen (secondary N) is 3. The number of hydrogen-bond donors (Lipinski definition) is 5. The largest absolute Gasteiger partial charge is 0.479 e. The standard InChI is InChI=1S/C31H38N4O12/c1-31(2,3)30(44)45-12-4-5-18-6-7-21(46-28-15-19(36)14-22(47-28)29(42)43)20(13-18)34-23(37)10-11-32-24(38)16-33-25(39)17-35-26(40)8-9-27(35)41/h4-9,13,19,22,28,36H,10-12,14-17H2,1-3H3,(H,32,38)(H,33,39)(H,34,37)(H,42,43)/b5-4+. The van der Waals surface area contributed by atoms with E-state index in [2.05, 4.69) is 16.0 Å². The Morgan fingerprint density at radius 3 is 2.38 bits per heavy atom. The molecule has 2 aliphatic rings. The van der Waals surface area contributed by atoms with Gasteiger partial charge in [0.25, 0.3) is 11.8 Å². The highest BCUT2D eigenvalue weighted by molar-refractivity contribution is 6.14. The maximum atomic E-state index is 12.8. The second kappa shape index (κ2) is 16.5. The monoisotopic (exact) mass is 658 g/mol. The summed E-state index contributed by atoms with van der Waals surface area (Å²) in [5, 5.41) is 26.9.